The van der Waals surface area contributed by atoms with Gasteiger partial charge in [-0.3, -0.25) is 10.00 Å². The summed E-state index contributed by atoms with van der Waals surface area (Å²) < 4.78 is 40.4. The highest BCUT2D eigenvalue weighted by molar-refractivity contribution is 5.77. The van der Waals surface area contributed by atoms with E-state index in [9.17, 15) is 18.0 Å². The maximum Gasteiger partial charge on any atom is 0.416 e. The molecule has 0 unspecified atom stereocenters. The maximum absolute atomic E-state index is 13.5. The number of aromatic nitrogens is 3. The number of aromatic amines is 1. The van der Waals surface area contributed by atoms with E-state index in [1.54, 1.807) is 6.07 Å². The number of rotatable bonds is 4. The molecular formula is C26H28F3N7O. The van der Waals surface area contributed by atoms with Gasteiger partial charge in [-0.2, -0.15) is 23.5 Å². The highest BCUT2D eigenvalue weighted by Crippen LogP contribution is 2.56. The molecule has 5 fully saturated rings. The molecule has 0 radical (unpaired) electrons. The minimum Gasteiger partial charge on any atom is -0.323 e. The first-order valence-corrected chi connectivity index (χ1v) is 12.9. The Kier molecular flexibility index (Phi) is 4.79. The Balaban J connectivity index is 0.871. The summed E-state index contributed by atoms with van der Waals surface area (Å²) in [5, 5.41) is 16.5. The Labute approximate surface area is 212 Å². The number of hydrogen-bond donors (Lipinski definition) is 1. The van der Waals surface area contributed by atoms with Crippen molar-refractivity contribution in [1.29, 1.82) is 5.26 Å². The second-order valence-corrected chi connectivity index (χ2v) is 12.1. The SMILES string of the molecule is N#Cc1ccc(CN2CC3(C2)CN(C(=O)N2CC4(CC(c5n[nH]c(C6CC6)n5)C4)C2)C3)c(C(F)(F)F)c1. The Morgan fingerprint density at radius 2 is 1.73 bits per heavy atom. The standard InChI is InChI=1S/C26H28F3N7O/c27-26(28,29)20-5-16(8-30)1-2-18(20)9-34-10-25(11-34)14-36(15-25)23(37)35-12-24(13-35)6-19(7-24)22-31-21(32-33-22)17-3-4-17/h1-2,5,17,19H,3-4,6-7,9-15H2,(H,31,32,33). The molecule has 0 bridgehead atoms. The molecule has 194 valence electrons. The number of amides is 2. The van der Waals surface area contributed by atoms with Crippen molar-refractivity contribution < 1.29 is 18.0 Å². The molecule has 2 saturated carbocycles. The number of nitrogens with one attached hydrogen (secondary N) is 1. The van der Waals surface area contributed by atoms with E-state index in [0.717, 1.165) is 43.6 Å². The van der Waals surface area contributed by atoms with Crippen molar-refractivity contribution in [1.82, 2.24) is 29.9 Å². The Morgan fingerprint density at radius 3 is 2.35 bits per heavy atom. The molecule has 2 aromatic rings. The largest absolute Gasteiger partial charge is 0.416 e. The fraction of sp³-hybridized carbons (Fsp3) is 0.615. The molecule has 2 spiro atoms. The molecule has 0 atom stereocenters. The van der Waals surface area contributed by atoms with Gasteiger partial charge in [-0.15, -0.1) is 0 Å². The maximum atomic E-state index is 13.5. The van der Waals surface area contributed by atoms with E-state index in [2.05, 4.69) is 15.2 Å². The van der Waals surface area contributed by atoms with Gasteiger partial charge >= 0.3 is 12.2 Å². The second kappa shape index (κ2) is 7.69. The smallest absolute Gasteiger partial charge is 0.323 e. The third-order valence-electron chi connectivity index (χ3n) is 8.91. The fourth-order valence-corrected chi connectivity index (χ4v) is 6.94. The minimum absolute atomic E-state index is 0.00431. The lowest BCUT2D eigenvalue weighted by Gasteiger charge is -2.63. The summed E-state index contributed by atoms with van der Waals surface area (Å²) in [6.45, 7) is 4.45. The number of H-pyrrole nitrogens is 1. The Bertz CT molecular complexity index is 1280. The summed E-state index contributed by atoms with van der Waals surface area (Å²) in [5.74, 6) is 2.92. The number of hydrogen-bond acceptors (Lipinski definition) is 5. The number of nitriles is 1. The first kappa shape index (κ1) is 23.0. The molecule has 5 aliphatic rings. The highest BCUT2D eigenvalue weighted by Gasteiger charge is 2.58. The van der Waals surface area contributed by atoms with Gasteiger partial charge in [-0.05, 0) is 43.4 Å². The van der Waals surface area contributed by atoms with Crippen LogP contribution in [0.25, 0.3) is 0 Å². The Hall–Kier alpha value is -3.13. The first-order chi connectivity index (χ1) is 17.6. The van der Waals surface area contributed by atoms with Crippen LogP contribution in [0.3, 0.4) is 0 Å². The van der Waals surface area contributed by atoms with Crippen LogP contribution in [0.1, 0.15) is 65.9 Å². The van der Waals surface area contributed by atoms with Crippen molar-refractivity contribution in [2.24, 2.45) is 10.8 Å². The zero-order valence-corrected chi connectivity index (χ0v) is 20.4. The molecule has 37 heavy (non-hydrogen) atoms. The molecule has 3 saturated heterocycles. The van der Waals surface area contributed by atoms with Gasteiger partial charge in [0.15, 0.2) is 5.82 Å². The van der Waals surface area contributed by atoms with Gasteiger partial charge in [0.2, 0.25) is 0 Å². The van der Waals surface area contributed by atoms with Crippen LogP contribution in [-0.2, 0) is 12.7 Å². The van der Waals surface area contributed by atoms with Gasteiger partial charge in [0.05, 0.1) is 17.2 Å². The predicted octanol–water partition coefficient (Wildman–Crippen LogP) is 3.69. The zero-order chi connectivity index (χ0) is 25.6. The Morgan fingerprint density at radius 1 is 1.05 bits per heavy atom. The summed E-state index contributed by atoms with van der Waals surface area (Å²) in [6, 6.07) is 5.63. The van der Waals surface area contributed by atoms with E-state index >= 15 is 0 Å². The molecule has 7 rings (SSSR count). The molecule has 11 heteroatoms. The molecule has 2 aliphatic carbocycles. The number of carbonyl (C=O) groups is 1. The summed E-state index contributed by atoms with van der Waals surface area (Å²) in [6.07, 6.45) is -0.0219. The summed E-state index contributed by atoms with van der Waals surface area (Å²) in [5.41, 5.74) is -0.333. The van der Waals surface area contributed by atoms with Gasteiger partial charge in [0.1, 0.15) is 5.82 Å². The van der Waals surface area contributed by atoms with Crippen LogP contribution in [0.2, 0.25) is 0 Å². The van der Waals surface area contributed by atoms with Crippen LogP contribution in [0.4, 0.5) is 18.0 Å². The average Bonchev–Trinajstić information content (AvgIpc) is 3.49. The summed E-state index contributed by atoms with van der Waals surface area (Å²) in [4.78, 5) is 23.4. The van der Waals surface area contributed by atoms with E-state index in [1.165, 1.54) is 25.0 Å². The van der Waals surface area contributed by atoms with E-state index in [-0.39, 0.29) is 34.5 Å². The van der Waals surface area contributed by atoms with Crippen molar-refractivity contribution >= 4 is 6.03 Å². The van der Waals surface area contributed by atoms with Gasteiger partial charge in [0, 0.05) is 68.5 Å². The third-order valence-corrected chi connectivity index (χ3v) is 8.91. The monoisotopic (exact) mass is 511 g/mol. The van der Waals surface area contributed by atoms with Crippen molar-refractivity contribution in [2.75, 3.05) is 39.3 Å². The number of alkyl halides is 3. The van der Waals surface area contributed by atoms with E-state index < -0.39 is 11.7 Å². The molecule has 4 heterocycles. The van der Waals surface area contributed by atoms with Crippen LogP contribution in [0.15, 0.2) is 18.2 Å². The fourth-order valence-electron chi connectivity index (χ4n) is 6.94. The van der Waals surface area contributed by atoms with Crippen molar-refractivity contribution in [3.05, 3.63) is 46.5 Å². The normalized spacial score (nSPS) is 24.3. The number of benzene rings is 1. The molecule has 2 amide bonds. The van der Waals surface area contributed by atoms with Crippen molar-refractivity contribution in [3.63, 3.8) is 0 Å². The van der Waals surface area contributed by atoms with Crippen molar-refractivity contribution in [3.8, 4) is 6.07 Å². The number of likely N-dealkylation sites (tertiary alicyclic amines) is 3. The molecule has 1 N–H and O–H groups in total. The molecule has 1 aromatic heterocycles. The van der Waals surface area contributed by atoms with Crippen LogP contribution in [-0.4, -0.2) is 75.2 Å². The number of urea groups is 1. The van der Waals surface area contributed by atoms with E-state index in [1.807, 2.05) is 14.7 Å². The molecular weight excluding hydrogens is 483 g/mol. The molecule has 3 aliphatic heterocycles. The van der Waals surface area contributed by atoms with Gasteiger partial charge in [0.25, 0.3) is 0 Å². The third kappa shape index (κ3) is 3.88. The van der Waals surface area contributed by atoms with Crippen LogP contribution < -0.4 is 0 Å². The lowest BCUT2D eigenvalue weighted by Crippen LogP contribution is -2.75. The predicted molar refractivity (Wildman–Crippen MR) is 125 cm³/mol. The summed E-state index contributed by atoms with van der Waals surface area (Å²) in [7, 11) is 0. The lowest BCUT2D eigenvalue weighted by atomic mass is 9.57. The topological polar surface area (TPSA) is 92.2 Å². The zero-order valence-electron chi connectivity index (χ0n) is 20.4. The van der Waals surface area contributed by atoms with Gasteiger partial charge in [-0.1, -0.05) is 6.07 Å². The minimum atomic E-state index is -4.49. The highest BCUT2D eigenvalue weighted by atomic mass is 19.4. The van der Waals surface area contributed by atoms with Gasteiger partial charge < -0.3 is 9.80 Å². The summed E-state index contributed by atoms with van der Waals surface area (Å²) >= 11 is 0. The van der Waals surface area contributed by atoms with E-state index in [0.29, 0.717) is 38.0 Å². The number of halogens is 3. The average molecular weight is 512 g/mol. The van der Waals surface area contributed by atoms with Crippen LogP contribution >= 0.6 is 0 Å². The second-order valence-electron chi connectivity index (χ2n) is 12.1. The first-order valence-electron chi connectivity index (χ1n) is 12.9. The number of nitrogens with zero attached hydrogens (tertiary/aromatic N) is 6. The van der Waals surface area contributed by atoms with Crippen LogP contribution in [0, 0.1) is 22.2 Å². The van der Waals surface area contributed by atoms with E-state index in [4.69, 9.17) is 5.26 Å². The lowest BCUT2D eigenvalue weighted by molar-refractivity contribution is -0.140. The van der Waals surface area contributed by atoms with Crippen molar-refractivity contribution in [2.45, 2.75) is 50.2 Å². The molecule has 8 nitrogen and oxygen atoms in total. The molecule has 1 aromatic carbocycles. The van der Waals surface area contributed by atoms with Crippen LogP contribution in [0.5, 0.6) is 0 Å². The number of carbonyl (C=O) groups excluding carboxylic acids is 1. The van der Waals surface area contributed by atoms with Gasteiger partial charge in [-0.25, -0.2) is 9.78 Å². The quantitative estimate of drug-likeness (QED) is 0.676.